The van der Waals surface area contributed by atoms with Crippen LogP contribution in [-0.4, -0.2) is 44.6 Å². The molecule has 1 saturated carbocycles. The Bertz CT molecular complexity index is 744. The van der Waals surface area contributed by atoms with Crippen LogP contribution >= 0.6 is 0 Å². The van der Waals surface area contributed by atoms with E-state index in [-0.39, 0.29) is 17.4 Å². The van der Waals surface area contributed by atoms with Crippen molar-refractivity contribution in [1.82, 2.24) is 24.9 Å². The number of amides is 1. The highest BCUT2D eigenvalue weighted by atomic mass is 16.5. The van der Waals surface area contributed by atoms with Crippen LogP contribution in [0.5, 0.6) is 0 Å². The molecule has 24 heavy (non-hydrogen) atoms. The molecule has 2 aromatic heterocycles. The summed E-state index contributed by atoms with van der Waals surface area (Å²) in [7, 11) is 1.96. The van der Waals surface area contributed by atoms with Gasteiger partial charge in [0.15, 0.2) is 0 Å². The lowest BCUT2D eigenvalue weighted by Crippen LogP contribution is -2.39. The largest absolute Gasteiger partial charge is 0.351 e. The van der Waals surface area contributed by atoms with Gasteiger partial charge in [-0.05, 0) is 44.7 Å². The Balaban J connectivity index is 1.60. The molecule has 2 aliphatic rings. The number of rotatable bonds is 4. The van der Waals surface area contributed by atoms with E-state index in [2.05, 4.69) is 15.5 Å². The Morgan fingerprint density at radius 2 is 2.29 bits per heavy atom. The number of aryl methyl sites for hydroxylation is 2. The molecular formula is C17H23N5O2. The Labute approximate surface area is 141 Å². The van der Waals surface area contributed by atoms with Gasteiger partial charge in [0, 0.05) is 31.5 Å². The minimum atomic E-state index is -0.0843. The number of aromatic nitrogens is 3. The molecule has 3 heterocycles. The van der Waals surface area contributed by atoms with Crippen molar-refractivity contribution in [2.24, 2.45) is 12.5 Å². The van der Waals surface area contributed by atoms with E-state index in [1.165, 1.54) is 0 Å². The third-order valence-corrected chi connectivity index (χ3v) is 5.45. The van der Waals surface area contributed by atoms with Crippen molar-refractivity contribution in [3.63, 3.8) is 0 Å². The highest BCUT2D eigenvalue weighted by molar-refractivity contribution is 5.92. The van der Waals surface area contributed by atoms with Crippen LogP contribution in [0, 0.1) is 12.3 Å². The molecule has 0 radical (unpaired) electrons. The predicted molar refractivity (Wildman–Crippen MR) is 87.3 cm³/mol. The molecule has 0 bridgehead atoms. The zero-order valence-electron chi connectivity index (χ0n) is 14.2. The second kappa shape index (κ2) is 5.73. The molecule has 1 amide bonds. The van der Waals surface area contributed by atoms with Crippen LogP contribution in [0.2, 0.25) is 0 Å². The van der Waals surface area contributed by atoms with Gasteiger partial charge in [0.2, 0.25) is 5.76 Å². The van der Waals surface area contributed by atoms with E-state index >= 15 is 0 Å². The summed E-state index contributed by atoms with van der Waals surface area (Å²) in [5, 5.41) is 7.28. The Morgan fingerprint density at radius 3 is 2.92 bits per heavy atom. The smallest absolute Gasteiger partial charge is 0.293 e. The molecule has 4 rings (SSSR count). The lowest BCUT2D eigenvalue weighted by atomic mass is 9.93. The average Bonchev–Trinajstić information content (AvgIpc) is 2.91. The molecule has 2 fully saturated rings. The number of carbonyl (C=O) groups is 1. The maximum atomic E-state index is 13.0. The van der Waals surface area contributed by atoms with Gasteiger partial charge >= 0.3 is 0 Å². The molecule has 2 aromatic rings. The first-order valence-corrected chi connectivity index (χ1v) is 8.50. The molecular weight excluding hydrogens is 306 g/mol. The number of nitrogens with zero attached hydrogens (tertiary/aromatic N) is 4. The maximum Gasteiger partial charge on any atom is 0.293 e. The molecule has 1 saturated heterocycles. The average molecular weight is 329 g/mol. The lowest BCUT2D eigenvalue weighted by Gasteiger charge is -2.29. The summed E-state index contributed by atoms with van der Waals surface area (Å²) in [6.07, 6.45) is 6.99. The number of piperidine rings is 1. The highest BCUT2D eigenvalue weighted by Crippen LogP contribution is 2.56. The summed E-state index contributed by atoms with van der Waals surface area (Å²) < 4.78 is 7.19. The summed E-state index contributed by atoms with van der Waals surface area (Å²) >= 11 is 0. The third-order valence-electron chi connectivity index (χ3n) is 5.45. The number of hydrogen-bond acceptors (Lipinski definition) is 5. The van der Waals surface area contributed by atoms with E-state index in [1.54, 1.807) is 12.3 Å². The van der Waals surface area contributed by atoms with Gasteiger partial charge in [-0.3, -0.25) is 4.79 Å². The Kier molecular flexibility index (Phi) is 3.68. The van der Waals surface area contributed by atoms with E-state index in [1.807, 2.05) is 29.6 Å². The van der Waals surface area contributed by atoms with Gasteiger partial charge in [0.25, 0.3) is 5.91 Å². The summed E-state index contributed by atoms with van der Waals surface area (Å²) in [6, 6.07) is 1.97. The van der Waals surface area contributed by atoms with E-state index in [0.717, 1.165) is 43.9 Å². The number of nitrogens with one attached hydrogen (secondary N) is 1. The Hall–Kier alpha value is -2.15. The standard InChI is InChI=1S/C17H23N5O2/c1-12-9-13(24-20-12)16(23)22(11-15-19-7-8-21(15)2)14-10-17(14)3-5-18-6-4-17/h7-9,14,18H,3-6,10-11H2,1-2H3. The molecule has 1 spiro atoms. The summed E-state index contributed by atoms with van der Waals surface area (Å²) in [5.74, 6) is 1.12. The number of hydrogen-bond donors (Lipinski definition) is 1. The summed E-state index contributed by atoms with van der Waals surface area (Å²) in [4.78, 5) is 19.4. The monoisotopic (exact) mass is 329 g/mol. The van der Waals surface area contributed by atoms with Gasteiger partial charge in [-0.2, -0.15) is 0 Å². The van der Waals surface area contributed by atoms with Crippen LogP contribution in [0.25, 0.3) is 0 Å². The van der Waals surface area contributed by atoms with Gasteiger partial charge in [-0.15, -0.1) is 0 Å². The highest BCUT2D eigenvalue weighted by Gasteiger charge is 2.58. The lowest BCUT2D eigenvalue weighted by molar-refractivity contribution is 0.0643. The first kappa shape index (κ1) is 15.4. The SMILES string of the molecule is Cc1cc(C(=O)N(Cc2nccn2C)C2CC23CCNCC3)on1. The minimum absolute atomic E-state index is 0.0843. The first-order chi connectivity index (χ1) is 11.6. The van der Waals surface area contributed by atoms with E-state index < -0.39 is 0 Å². The van der Waals surface area contributed by atoms with E-state index in [0.29, 0.717) is 12.3 Å². The van der Waals surface area contributed by atoms with Crippen molar-refractivity contribution in [3.05, 3.63) is 35.7 Å². The maximum absolute atomic E-state index is 13.0. The zero-order chi connectivity index (χ0) is 16.7. The molecule has 128 valence electrons. The number of imidazole rings is 1. The summed E-state index contributed by atoms with van der Waals surface area (Å²) in [5.41, 5.74) is 0.990. The fraction of sp³-hybridized carbons (Fsp3) is 0.588. The van der Waals surface area contributed by atoms with Crippen LogP contribution in [0.1, 0.15) is 41.3 Å². The molecule has 1 N–H and O–H groups in total. The molecule has 0 aromatic carbocycles. The molecule has 7 nitrogen and oxygen atoms in total. The molecule has 1 unspecified atom stereocenters. The van der Waals surface area contributed by atoms with E-state index in [9.17, 15) is 4.79 Å². The first-order valence-electron chi connectivity index (χ1n) is 8.50. The third kappa shape index (κ3) is 2.62. The van der Waals surface area contributed by atoms with Crippen molar-refractivity contribution in [1.29, 1.82) is 0 Å². The van der Waals surface area contributed by atoms with Crippen LogP contribution < -0.4 is 5.32 Å². The second-order valence-corrected chi connectivity index (χ2v) is 7.05. The van der Waals surface area contributed by atoms with Crippen LogP contribution in [0.15, 0.2) is 23.0 Å². The van der Waals surface area contributed by atoms with Crippen molar-refractivity contribution in [2.45, 2.75) is 38.8 Å². The predicted octanol–water partition coefficient (Wildman–Crippen LogP) is 1.50. The van der Waals surface area contributed by atoms with Gasteiger partial charge in [0.1, 0.15) is 5.82 Å². The van der Waals surface area contributed by atoms with Gasteiger partial charge in [-0.25, -0.2) is 4.98 Å². The van der Waals surface area contributed by atoms with Crippen molar-refractivity contribution in [2.75, 3.05) is 13.1 Å². The van der Waals surface area contributed by atoms with E-state index in [4.69, 9.17) is 4.52 Å². The minimum Gasteiger partial charge on any atom is -0.351 e. The molecule has 1 aliphatic heterocycles. The van der Waals surface area contributed by atoms with Gasteiger partial charge < -0.3 is 19.3 Å². The zero-order valence-corrected chi connectivity index (χ0v) is 14.2. The quantitative estimate of drug-likeness (QED) is 0.920. The normalized spacial score (nSPS) is 21.8. The fourth-order valence-corrected chi connectivity index (χ4v) is 3.86. The van der Waals surface area contributed by atoms with Gasteiger partial charge in [-0.1, -0.05) is 5.16 Å². The Morgan fingerprint density at radius 1 is 1.50 bits per heavy atom. The molecule has 7 heteroatoms. The second-order valence-electron chi connectivity index (χ2n) is 7.05. The molecule has 1 aliphatic carbocycles. The van der Waals surface area contributed by atoms with Crippen LogP contribution in [-0.2, 0) is 13.6 Å². The van der Waals surface area contributed by atoms with Crippen molar-refractivity contribution < 1.29 is 9.32 Å². The van der Waals surface area contributed by atoms with Crippen molar-refractivity contribution in [3.8, 4) is 0 Å². The van der Waals surface area contributed by atoms with Gasteiger partial charge in [0.05, 0.1) is 12.2 Å². The topological polar surface area (TPSA) is 76.2 Å². The summed E-state index contributed by atoms with van der Waals surface area (Å²) in [6.45, 7) is 4.39. The number of carbonyl (C=O) groups excluding carboxylic acids is 1. The van der Waals surface area contributed by atoms with Crippen LogP contribution in [0.3, 0.4) is 0 Å². The van der Waals surface area contributed by atoms with Crippen LogP contribution in [0.4, 0.5) is 0 Å². The molecule has 1 atom stereocenters. The fourth-order valence-electron chi connectivity index (χ4n) is 3.86. The van der Waals surface area contributed by atoms with Crippen molar-refractivity contribution >= 4 is 5.91 Å².